The van der Waals surface area contributed by atoms with E-state index in [0.717, 1.165) is 16.4 Å². The van der Waals surface area contributed by atoms with Gasteiger partial charge in [-0.15, -0.1) is 0 Å². The maximum absolute atomic E-state index is 11.8. The average Bonchev–Trinajstić information content (AvgIpc) is 2.59. The molecule has 2 unspecified atom stereocenters. The standard InChI is InChI=1S/C18H19BrINO/c19-12-18(22)21-17(15-9-5-2-6-10-15)11-16(13-20)14-7-3-1-4-8-14/h1-10,16-17H,11-13H2,(H,21,22). The molecule has 0 heterocycles. The van der Waals surface area contributed by atoms with Gasteiger partial charge in [0, 0.05) is 4.43 Å². The van der Waals surface area contributed by atoms with Crippen LogP contribution in [0.2, 0.25) is 0 Å². The number of amides is 1. The number of hydrogen-bond donors (Lipinski definition) is 1. The summed E-state index contributed by atoms with van der Waals surface area (Å²) in [6.45, 7) is 0. The SMILES string of the molecule is O=C(CBr)NC(CC(CI)c1ccccc1)c1ccccc1. The molecule has 1 amide bonds. The number of halogens is 2. The molecule has 2 nitrogen and oxygen atoms in total. The summed E-state index contributed by atoms with van der Waals surface area (Å²) in [7, 11) is 0. The third-order valence-corrected chi connectivity index (χ3v) is 5.21. The van der Waals surface area contributed by atoms with Gasteiger partial charge in [0.25, 0.3) is 0 Å². The summed E-state index contributed by atoms with van der Waals surface area (Å²) in [5.74, 6) is 0.441. The molecule has 0 spiro atoms. The molecule has 0 radical (unpaired) electrons. The Kier molecular flexibility index (Phi) is 7.39. The van der Waals surface area contributed by atoms with Crippen LogP contribution in [-0.2, 0) is 4.79 Å². The highest BCUT2D eigenvalue weighted by atomic mass is 127. The molecule has 2 rings (SSSR count). The van der Waals surface area contributed by atoms with E-state index in [1.165, 1.54) is 5.56 Å². The summed E-state index contributed by atoms with van der Waals surface area (Å²) < 4.78 is 1.02. The van der Waals surface area contributed by atoms with Gasteiger partial charge in [-0.25, -0.2) is 0 Å². The second-order valence-electron chi connectivity index (χ2n) is 5.16. The number of hydrogen-bond acceptors (Lipinski definition) is 1. The third-order valence-electron chi connectivity index (χ3n) is 3.64. The van der Waals surface area contributed by atoms with Gasteiger partial charge in [0.15, 0.2) is 0 Å². The minimum atomic E-state index is 0.0223. The first-order chi connectivity index (χ1) is 10.7. The molecule has 4 heteroatoms. The summed E-state index contributed by atoms with van der Waals surface area (Å²) in [5.41, 5.74) is 2.48. The fourth-order valence-corrected chi connectivity index (χ4v) is 3.52. The van der Waals surface area contributed by atoms with Crippen LogP contribution in [0.5, 0.6) is 0 Å². The summed E-state index contributed by atoms with van der Waals surface area (Å²) in [6.07, 6.45) is 0.899. The second kappa shape index (κ2) is 9.30. The molecule has 1 N–H and O–H groups in total. The number of nitrogens with one attached hydrogen (secondary N) is 1. The highest BCUT2D eigenvalue weighted by Crippen LogP contribution is 2.30. The van der Waals surface area contributed by atoms with Crippen molar-refractivity contribution in [1.82, 2.24) is 5.32 Å². The molecule has 2 aromatic rings. The molecule has 0 aliphatic carbocycles. The van der Waals surface area contributed by atoms with E-state index in [0.29, 0.717) is 11.2 Å². The first-order valence-electron chi connectivity index (χ1n) is 7.25. The van der Waals surface area contributed by atoms with Gasteiger partial charge in [-0.1, -0.05) is 99.2 Å². The molecule has 0 fully saturated rings. The van der Waals surface area contributed by atoms with E-state index >= 15 is 0 Å². The van der Waals surface area contributed by atoms with Gasteiger partial charge >= 0.3 is 0 Å². The molecule has 0 saturated heterocycles. The Hall–Kier alpha value is -0.880. The van der Waals surface area contributed by atoms with Crippen molar-refractivity contribution in [2.24, 2.45) is 0 Å². The van der Waals surface area contributed by atoms with Crippen LogP contribution in [0.3, 0.4) is 0 Å². The van der Waals surface area contributed by atoms with E-state index in [1.54, 1.807) is 0 Å². The topological polar surface area (TPSA) is 29.1 Å². The largest absolute Gasteiger partial charge is 0.349 e. The monoisotopic (exact) mass is 471 g/mol. The van der Waals surface area contributed by atoms with Crippen LogP contribution in [0.1, 0.15) is 29.5 Å². The van der Waals surface area contributed by atoms with Crippen LogP contribution in [0, 0.1) is 0 Å². The van der Waals surface area contributed by atoms with E-state index in [2.05, 4.69) is 80.2 Å². The van der Waals surface area contributed by atoms with Crippen LogP contribution in [0.4, 0.5) is 0 Å². The van der Waals surface area contributed by atoms with Gasteiger partial charge in [0.1, 0.15) is 0 Å². The number of benzene rings is 2. The molecular weight excluding hydrogens is 453 g/mol. The van der Waals surface area contributed by atoms with E-state index in [4.69, 9.17) is 0 Å². The summed E-state index contributed by atoms with van der Waals surface area (Å²) in [6, 6.07) is 20.7. The van der Waals surface area contributed by atoms with Gasteiger partial charge in [0.05, 0.1) is 11.4 Å². The van der Waals surface area contributed by atoms with Crippen molar-refractivity contribution in [2.45, 2.75) is 18.4 Å². The molecule has 2 atom stereocenters. The zero-order valence-electron chi connectivity index (χ0n) is 12.2. The van der Waals surface area contributed by atoms with Crippen molar-refractivity contribution in [1.29, 1.82) is 0 Å². The Labute approximate surface area is 154 Å². The molecule has 116 valence electrons. The molecular formula is C18H19BrINO. The van der Waals surface area contributed by atoms with Crippen LogP contribution in [-0.4, -0.2) is 15.7 Å². The van der Waals surface area contributed by atoms with E-state index in [9.17, 15) is 4.79 Å². The van der Waals surface area contributed by atoms with Crippen molar-refractivity contribution in [3.05, 3.63) is 71.8 Å². The zero-order chi connectivity index (χ0) is 15.8. The minimum Gasteiger partial charge on any atom is -0.349 e. The average molecular weight is 472 g/mol. The lowest BCUT2D eigenvalue weighted by Crippen LogP contribution is -2.30. The quantitative estimate of drug-likeness (QED) is 0.454. The van der Waals surface area contributed by atoms with Gasteiger partial charge in [-0.2, -0.15) is 0 Å². The van der Waals surface area contributed by atoms with Crippen LogP contribution in [0.15, 0.2) is 60.7 Å². The van der Waals surface area contributed by atoms with E-state index < -0.39 is 0 Å². The van der Waals surface area contributed by atoms with Crippen molar-refractivity contribution in [2.75, 3.05) is 9.76 Å². The zero-order valence-corrected chi connectivity index (χ0v) is 16.0. The van der Waals surface area contributed by atoms with Gasteiger partial charge < -0.3 is 5.32 Å². The van der Waals surface area contributed by atoms with Gasteiger partial charge in [0.2, 0.25) is 5.91 Å². The highest BCUT2D eigenvalue weighted by molar-refractivity contribution is 14.1. The molecule has 2 aromatic carbocycles. The first-order valence-corrected chi connectivity index (χ1v) is 9.90. The molecule has 0 bridgehead atoms. The van der Waals surface area contributed by atoms with Crippen molar-refractivity contribution < 1.29 is 4.79 Å². The van der Waals surface area contributed by atoms with Gasteiger partial charge in [-0.3, -0.25) is 4.79 Å². The number of rotatable bonds is 7. The fourth-order valence-electron chi connectivity index (χ4n) is 2.49. The number of alkyl halides is 2. The summed E-state index contributed by atoms with van der Waals surface area (Å²) >= 11 is 5.66. The normalized spacial score (nSPS) is 13.4. The highest BCUT2D eigenvalue weighted by Gasteiger charge is 2.20. The van der Waals surface area contributed by atoms with E-state index in [1.807, 2.05) is 24.3 Å². The Morgan fingerprint density at radius 2 is 1.55 bits per heavy atom. The summed E-state index contributed by atoms with van der Waals surface area (Å²) in [4.78, 5) is 11.8. The predicted octanol–water partition coefficient (Wildman–Crippen LogP) is 4.85. The molecule has 0 aliphatic heterocycles. The van der Waals surface area contributed by atoms with Crippen molar-refractivity contribution in [3.63, 3.8) is 0 Å². The lowest BCUT2D eigenvalue weighted by Gasteiger charge is -2.24. The summed E-state index contributed by atoms with van der Waals surface area (Å²) in [5, 5.41) is 3.46. The van der Waals surface area contributed by atoms with Crippen LogP contribution >= 0.6 is 38.5 Å². The van der Waals surface area contributed by atoms with Crippen LogP contribution < -0.4 is 5.32 Å². The Morgan fingerprint density at radius 1 is 1.00 bits per heavy atom. The molecule has 0 saturated carbocycles. The van der Waals surface area contributed by atoms with Crippen molar-refractivity contribution in [3.8, 4) is 0 Å². The molecule has 0 aliphatic rings. The Bertz CT molecular complexity index is 576. The number of carbonyl (C=O) groups excluding carboxylic acids is 1. The lowest BCUT2D eigenvalue weighted by molar-refractivity contribution is -0.119. The molecule has 22 heavy (non-hydrogen) atoms. The Balaban J connectivity index is 2.19. The maximum atomic E-state index is 11.8. The van der Waals surface area contributed by atoms with Crippen molar-refractivity contribution >= 4 is 44.4 Å². The van der Waals surface area contributed by atoms with E-state index in [-0.39, 0.29) is 11.9 Å². The fraction of sp³-hybridized carbons (Fsp3) is 0.278. The van der Waals surface area contributed by atoms with Gasteiger partial charge in [-0.05, 0) is 23.5 Å². The first kappa shape index (κ1) is 17.5. The number of carbonyl (C=O) groups is 1. The second-order valence-corrected chi connectivity index (χ2v) is 6.60. The molecule has 0 aromatic heterocycles. The predicted molar refractivity (Wildman–Crippen MR) is 104 cm³/mol. The lowest BCUT2D eigenvalue weighted by atomic mass is 9.90. The third kappa shape index (κ3) is 5.09. The smallest absolute Gasteiger partial charge is 0.231 e. The Morgan fingerprint density at radius 3 is 2.05 bits per heavy atom. The minimum absolute atomic E-state index is 0.0223. The van der Waals surface area contributed by atoms with Crippen LogP contribution in [0.25, 0.3) is 0 Å². The maximum Gasteiger partial charge on any atom is 0.231 e.